The number of ether oxygens (including phenoxy) is 1. The maximum atomic E-state index is 5.50. The van der Waals surface area contributed by atoms with Crippen molar-refractivity contribution in [1.82, 2.24) is 14.9 Å². The zero-order valence-corrected chi connectivity index (χ0v) is 16.6. The Hall–Kier alpha value is -2.54. The second kappa shape index (κ2) is 9.41. The Labute approximate surface area is 162 Å². The summed E-state index contributed by atoms with van der Waals surface area (Å²) in [5, 5.41) is 3.40. The number of benzene rings is 1. The maximum Gasteiger partial charge on any atom is 0.227 e. The quantitative estimate of drug-likeness (QED) is 0.715. The molecule has 1 aromatic carbocycles. The number of rotatable bonds is 8. The summed E-state index contributed by atoms with van der Waals surface area (Å²) >= 11 is 0. The fraction of sp³-hybridized carbons (Fsp3) is 0.500. The number of nitrogens with zero attached hydrogens (tertiary/aromatic N) is 5. The van der Waals surface area contributed by atoms with E-state index < -0.39 is 0 Å². The van der Waals surface area contributed by atoms with Gasteiger partial charge in [-0.15, -0.1) is 0 Å². The van der Waals surface area contributed by atoms with E-state index in [1.165, 1.54) is 0 Å². The third-order valence-corrected chi connectivity index (χ3v) is 4.72. The number of methoxy groups -OCH3 is 1. The molecule has 0 saturated carbocycles. The molecule has 1 aromatic heterocycles. The molecule has 27 heavy (non-hydrogen) atoms. The summed E-state index contributed by atoms with van der Waals surface area (Å²) in [5.74, 6) is 2.62. The fourth-order valence-corrected chi connectivity index (χ4v) is 3.25. The van der Waals surface area contributed by atoms with Gasteiger partial charge >= 0.3 is 0 Å². The molecule has 7 nitrogen and oxygen atoms in total. The molecule has 0 spiro atoms. The van der Waals surface area contributed by atoms with E-state index >= 15 is 0 Å². The van der Waals surface area contributed by atoms with E-state index in [1.807, 2.05) is 24.4 Å². The van der Waals surface area contributed by atoms with Crippen molar-refractivity contribution in [1.29, 1.82) is 0 Å². The molecule has 0 unspecified atom stereocenters. The normalized spacial score (nSPS) is 14.5. The zero-order chi connectivity index (χ0) is 19.1. The van der Waals surface area contributed by atoms with Crippen molar-refractivity contribution in [2.75, 3.05) is 75.6 Å². The molecule has 1 fully saturated rings. The monoisotopic (exact) mass is 370 g/mol. The molecular weight excluding hydrogens is 340 g/mol. The molecule has 0 bridgehead atoms. The second-order valence-corrected chi connectivity index (χ2v) is 6.97. The fourth-order valence-electron chi connectivity index (χ4n) is 3.25. The second-order valence-electron chi connectivity index (χ2n) is 6.97. The zero-order valence-electron chi connectivity index (χ0n) is 16.6. The van der Waals surface area contributed by atoms with Crippen LogP contribution in [0.25, 0.3) is 0 Å². The smallest absolute Gasteiger partial charge is 0.227 e. The van der Waals surface area contributed by atoms with Crippen molar-refractivity contribution in [3.63, 3.8) is 0 Å². The summed E-state index contributed by atoms with van der Waals surface area (Å²) in [6.07, 6.45) is 2.92. The minimum atomic E-state index is 0.798. The Morgan fingerprint density at radius 2 is 1.81 bits per heavy atom. The average molecular weight is 371 g/mol. The Kier molecular flexibility index (Phi) is 6.70. The van der Waals surface area contributed by atoms with E-state index in [2.05, 4.69) is 51.2 Å². The lowest BCUT2D eigenvalue weighted by Crippen LogP contribution is -2.47. The Bertz CT molecular complexity index is 715. The summed E-state index contributed by atoms with van der Waals surface area (Å²) in [6.45, 7) is 5.60. The van der Waals surface area contributed by atoms with Crippen LogP contribution in [0.1, 0.15) is 6.42 Å². The van der Waals surface area contributed by atoms with Gasteiger partial charge in [0.2, 0.25) is 5.95 Å². The van der Waals surface area contributed by atoms with Gasteiger partial charge in [-0.05, 0) is 45.3 Å². The topological polar surface area (TPSA) is 56.8 Å². The Morgan fingerprint density at radius 1 is 1.07 bits per heavy atom. The molecule has 1 saturated heterocycles. The van der Waals surface area contributed by atoms with E-state index in [1.54, 1.807) is 7.11 Å². The van der Waals surface area contributed by atoms with Crippen LogP contribution in [0.15, 0.2) is 36.5 Å². The van der Waals surface area contributed by atoms with Gasteiger partial charge in [0, 0.05) is 38.9 Å². The van der Waals surface area contributed by atoms with E-state index in [-0.39, 0.29) is 0 Å². The van der Waals surface area contributed by atoms with Gasteiger partial charge in [0.15, 0.2) is 0 Å². The molecular formula is C20H30N6O. The number of aromatic nitrogens is 2. The van der Waals surface area contributed by atoms with Crippen LogP contribution >= 0.6 is 0 Å². The summed E-state index contributed by atoms with van der Waals surface area (Å²) in [5.41, 5.74) is 1.15. The van der Waals surface area contributed by atoms with Gasteiger partial charge in [-0.1, -0.05) is 12.1 Å². The van der Waals surface area contributed by atoms with Crippen LogP contribution in [0, 0.1) is 0 Å². The third kappa shape index (κ3) is 5.23. The first kappa shape index (κ1) is 19.2. The highest BCUT2D eigenvalue weighted by atomic mass is 16.5. The van der Waals surface area contributed by atoms with E-state index in [4.69, 9.17) is 9.72 Å². The number of hydrogen-bond acceptors (Lipinski definition) is 7. The first-order chi connectivity index (χ1) is 13.2. The van der Waals surface area contributed by atoms with Gasteiger partial charge in [0.25, 0.3) is 0 Å². The lowest BCUT2D eigenvalue weighted by molar-refractivity contribution is 0.405. The summed E-state index contributed by atoms with van der Waals surface area (Å²) < 4.78 is 5.50. The summed E-state index contributed by atoms with van der Waals surface area (Å²) in [4.78, 5) is 16.0. The molecule has 0 radical (unpaired) electrons. The Morgan fingerprint density at radius 3 is 2.56 bits per heavy atom. The van der Waals surface area contributed by atoms with Gasteiger partial charge in [-0.3, -0.25) is 0 Å². The van der Waals surface area contributed by atoms with E-state index in [0.29, 0.717) is 0 Å². The predicted octanol–water partition coefficient (Wildman–Crippen LogP) is 2.18. The number of para-hydroxylation sites is 2. The Balaban J connectivity index is 1.55. The van der Waals surface area contributed by atoms with E-state index in [9.17, 15) is 0 Å². The summed E-state index contributed by atoms with van der Waals surface area (Å²) in [7, 11) is 5.90. The van der Waals surface area contributed by atoms with Crippen LogP contribution < -0.4 is 19.9 Å². The molecule has 0 amide bonds. The average Bonchev–Trinajstić information content (AvgIpc) is 2.71. The van der Waals surface area contributed by atoms with Crippen molar-refractivity contribution < 1.29 is 4.74 Å². The third-order valence-electron chi connectivity index (χ3n) is 4.72. The van der Waals surface area contributed by atoms with Crippen molar-refractivity contribution in [2.45, 2.75) is 6.42 Å². The molecule has 2 aromatic rings. The molecule has 1 aliphatic rings. The van der Waals surface area contributed by atoms with Crippen LogP contribution in [0.2, 0.25) is 0 Å². The minimum Gasteiger partial charge on any atom is -0.495 e. The van der Waals surface area contributed by atoms with Crippen LogP contribution in [0.3, 0.4) is 0 Å². The molecule has 0 aliphatic carbocycles. The van der Waals surface area contributed by atoms with Gasteiger partial charge in [0.1, 0.15) is 11.6 Å². The highest BCUT2D eigenvalue weighted by Crippen LogP contribution is 2.28. The number of hydrogen-bond donors (Lipinski definition) is 1. The maximum absolute atomic E-state index is 5.50. The predicted molar refractivity (Wildman–Crippen MR) is 111 cm³/mol. The lowest BCUT2D eigenvalue weighted by atomic mass is 10.2. The largest absolute Gasteiger partial charge is 0.495 e. The molecule has 7 heteroatoms. The van der Waals surface area contributed by atoms with Crippen molar-refractivity contribution in [2.24, 2.45) is 0 Å². The van der Waals surface area contributed by atoms with Crippen LogP contribution in [0.4, 0.5) is 17.5 Å². The number of nitrogens with one attached hydrogen (secondary N) is 1. The highest BCUT2D eigenvalue weighted by molar-refractivity contribution is 5.59. The van der Waals surface area contributed by atoms with Crippen LogP contribution in [0.5, 0.6) is 5.75 Å². The van der Waals surface area contributed by atoms with Crippen molar-refractivity contribution >= 4 is 17.5 Å². The van der Waals surface area contributed by atoms with Gasteiger partial charge in [0.05, 0.1) is 12.8 Å². The first-order valence-electron chi connectivity index (χ1n) is 9.52. The minimum absolute atomic E-state index is 0.798. The molecule has 3 rings (SSSR count). The lowest BCUT2D eigenvalue weighted by Gasteiger charge is -2.36. The highest BCUT2D eigenvalue weighted by Gasteiger charge is 2.21. The van der Waals surface area contributed by atoms with Crippen LogP contribution in [-0.2, 0) is 0 Å². The molecule has 1 N–H and O–H groups in total. The summed E-state index contributed by atoms with van der Waals surface area (Å²) in [6, 6.07) is 10.1. The molecule has 0 atom stereocenters. The standard InChI is InChI=1S/C20H30N6O/c1-24(2)12-6-10-21-19-9-11-22-20(23-19)26-15-13-25(14-16-26)17-7-4-5-8-18(17)27-3/h4-5,7-9,11H,6,10,12-16H2,1-3H3,(H,21,22,23). The van der Waals surface area contributed by atoms with Gasteiger partial charge in [-0.2, -0.15) is 4.98 Å². The van der Waals surface area contributed by atoms with E-state index in [0.717, 1.165) is 68.9 Å². The van der Waals surface area contributed by atoms with Crippen LogP contribution in [-0.4, -0.2) is 75.3 Å². The molecule has 1 aliphatic heterocycles. The van der Waals surface area contributed by atoms with Crippen molar-refractivity contribution in [3.8, 4) is 5.75 Å². The number of piperazine rings is 1. The number of anilines is 3. The van der Waals surface area contributed by atoms with Crippen molar-refractivity contribution in [3.05, 3.63) is 36.5 Å². The molecule has 2 heterocycles. The first-order valence-corrected chi connectivity index (χ1v) is 9.52. The van der Waals surface area contributed by atoms with Gasteiger partial charge < -0.3 is 24.8 Å². The SMILES string of the molecule is COc1ccccc1N1CCN(c2nccc(NCCCN(C)C)n2)CC1. The van der Waals surface area contributed by atoms with Gasteiger partial charge in [-0.25, -0.2) is 4.98 Å². The molecule has 146 valence electrons.